The van der Waals surface area contributed by atoms with Crippen LogP contribution in [0.1, 0.15) is 12.6 Å². The molecule has 3 N–H and O–H groups in total. The lowest BCUT2D eigenvalue weighted by Crippen LogP contribution is -2.08. The number of aromatic nitrogens is 1. The molecule has 0 unspecified atom stereocenters. The average molecular weight is 216 g/mol. The van der Waals surface area contributed by atoms with Crippen molar-refractivity contribution in [1.29, 1.82) is 0 Å². The zero-order chi connectivity index (χ0) is 9.68. The van der Waals surface area contributed by atoms with Crippen LogP contribution in [0.25, 0.3) is 0 Å². The molecule has 0 spiro atoms. The van der Waals surface area contributed by atoms with E-state index in [4.69, 9.17) is 5.73 Å². The zero-order valence-corrected chi connectivity index (χ0v) is 9.21. The molecule has 0 fully saturated rings. The van der Waals surface area contributed by atoms with Crippen LogP contribution < -0.4 is 11.2 Å². The minimum atomic E-state index is 0.508. The van der Waals surface area contributed by atoms with Gasteiger partial charge in [0.05, 0.1) is 5.69 Å². The second-order valence-electron chi connectivity index (χ2n) is 2.26. The topological polar surface area (TPSA) is 63.3 Å². The number of amidine groups is 1. The third-order valence-electron chi connectivity index (χ3n) is 1.38. The van der Waals surface area contributed by atoms with E-state index in [1.54, 1.807) is 0 Å². The summed E-state index contributed by atoms with van der Waals surface area (Å²) in [6.07, 6.45) is 2.82. The van der Waals surface area contributed by atoms with E-state index in [0.29, 0.717) is 5.17 Å². The number of nitrogens with one attached hydrogen (secondary N) is 1. The molecule has 6 heteroatoms. The normalized spacial score (nSPS) is 11.7. The summed E-state index contributed by atoms with van der Waals surface area (Å²) in [5, 5.41) is 7.22. The van der Waals surface area contributed by atoms with Crippen LogP contribution in [0.3, 0.4) is 0 Å². The standard InChI is InChI=1S/C7H12N4S2/c1-3-5-4-13-7(9-5)11-10-6(8)12-2/h4H,3H2,1-2H3,(H2,8,10)(H,9,11). The second kappa shape index (κ2) is 5.08. The lowest BCUT2D eigenvalue weighted by molar-refractivity contribution is 1.06. The fraction of sp³-hybridized carbons (Fsp3) is 0.429. The summed E-state index contributed by atoms with van der Waals surface area (Å²) < 4.78 is 0. The quantitative estimate of drug-likeness (QED) is 0.459. The van der Waals surface area contributed by atoms with Crippen LogP contribution in [0, 0.1) is 0 Å². The van der Waals surface area contributed by atoms with Gasteiger partial charge in [0.15, 0.2) is 5.17 Å². The number of hydrazone groups is 1. The molecular weight excluding hydrogens is 204 g/mol. The molecular formula is C7H12N4S2. The molecule has 0 amide bonds. The number of nitrogens with two attached hydrogens (primary N) is 1. The summed E-state index contributed by atoms with van der Waals surface area (Å²) in [6, 6.07) is 0. The average Bonchev–Trinajstić information content (AvgIpc) is 2.61. The van der Waals surface area contributed by atoms with E-state index in [2.05, 4.69) is 22.4 Å². The van der Waals surface area contributed by atoms with E-state index in [1.165, 1.54) is 23.1 Å². The SMILES string of the molecule is CCc1csc(N/N=C(\N)SC)n1. The lowest BCUT2D eigenvalue weighted by Gasteiger charge is -1.95. The van der Waals surface area contributed by atoms with Crippen LogP contribution in [0.2, 0.25) is 0 Å². The van der Waals surface area contributed by atoms with Crippen LogP contribution in [0.4, 0.5) is 5.13 Å². The Morgan fingerprint density at radius 1 is 1.85 bits per heavy atom. The summed E-state index contributed by atoms with van der Waals surface area (Å²) in [5.41, 5.74) is 9.36. The fourth-order valence-electron chi connectivity index (χ4n) is 0.669. The molecule has 0 saturated heterocycles. The molecule has 0 radical (unpaired) electrons. The molecule has 1 rings (SSSR count). The number of nitrogens with zero attached hydrogens (tertiary/aromatic N) is 2. The Balaban J connectivity index is 2.54. The van der Waals surface area contributed by atoms with Gasteiger partial charge in [0, 0.05) is 5.38 Å². The predicted octanol–water partition coefficient (Wildman–Crippen LogP) is 1.71. The summed E-state index contributed by atoms with van der Waals surface area (Å²) in [7, 11) is 0. The molecule has 0 aromatic carbocycles. The molecule has 4 nitrogen and oxygen atoms in total. The number of hydrogen-bond acceptors (Lipinski definition) is 5. The first-order chi connectivity index (χ1) is 6.26. The van der Waals surface area contributed by atoms with Gasteiger partial charge < -0.3 is 5.73 Å². The molecule has 1 aromatic rings. The van der Waals surface area contributed by atoms with Gasteiger partial charge in [-0.3, -0.25) is 5.43 Å². The van der Waals surface area contributed by atoms with Crippen molar-refractivity contribution in [3.63, 3.8) is 0 Å². The Bertz CT molecular complexity index is 294. The van der Waals surface area contributed by atoms with Crippen LogP contribution >= 0.6 is 23.1 Å². The van der Waals surface area contributed by atoms with E-state index in [0.717, 1.165) is 17.2 Å². The van der Waals surface area contributed by atoms with Crippen molar-refractivity contribution in [1.82, 2.24) is 4.98 Å². The van der Waals surface area contributed by atoms with Gasteiger partial charge in [-0.05, 0) is 12.7 Å². The van der Waals surface area contributed by atoms with Crippen LogP contribution in [-0.2, 0) is 6.42 Å². The van der Waals surface area contributed by atoms with Crippen molar-refractivity contribution in [3.8, 4) is 0 Å². The predicted molar refractivity (Wildman–Crippen MR) is 60.3 cm³/mol. The number of aryl methyl sites for hydroxylation is 1. The molecule has 0 aliphatic heterocycles. The Labute approximate surface area is 85.6 Å². The van der Waals surface area contributed by atoms with E-state index in [9.17, 15) is 0 Å². The van der Waals surface area contributed by atoms with Crippen LogP contribution in [-0.4, -0.2) is 16.4 Å². The Morgan fingerprint density at radius 2 is 2.62 bits per heavy atom. The maximum atomic E-state index is 5.49. The van der Waals surface area contributed by atoms with E-state index in [1.807, 2.05) is 11.6 Å². The van der Waals surface area contributed by atoms with Crippen LogP contribution in [0.5, 0.6) is 0 Å². The van der Waals surface area contributed by atoms with Gasteiger partial charge in [0.1, 0.15) is 0 Å². The van der Waals surface area contributed by atoms with Gasteiger partial charge in [-0.1, -0.05) is 18.7 Å². The van der Waals surface area contributed by atoms with Crippen molar-refractivity contribution in [2.24, 2.45) is 10.8 Å². The van der Waals surface area contributed by atoms with Crippen molar-refractivity contribution < 1.29 is 0 Å². The highest BCUT2D eigenvalue weighted by molar-refractivity contribution is 8.13. The first kappa shape index (κ1) is 10.3. The van der Waals surface area contributed by atoms with E-state index < -0.39 is 0 Å². The van der Waals surface area contributed by atoms with E-state index >= 15 is 0 Å². The molecule has 1 heterocycles. The Hall–Kier alpha value is -0.750. The molecule has 1 aromatic heterocycles. The summed E-state index contributed by atoms with van der Waals surface area (Å²) in [6.45, 7) is 2.07. The van der Waals surface area contributed by atoms with Gasteiger partial charge in [0.25, 0.3) is 0 Å². The van der Waals surface area contributed by atoms with Gasteiger partial charge in [-0.15, -0.1) is 16.4 Å². The molecule has 0 bridgehead atoms. The highest BCUT2D eigenvalue weighted by Gasteiger charge is 1.97. The highest BCUT2D eigenvalue weighted by atomic mass is 32.2. The molecule has 0 saturated carbocycles. The van der Waals surface area contributed by atoms with E-state index in [-0.39, 0.29) is 0 Å². The maximum Gasteiger partial charge on any atom is 0.203 e. The first-order valence-corrected chi connectivity index (χ1v) is 5.94. The largest absolute Gasteiger partial charge is 0.377 e. The van der Waals surface area contributed by atoms with Gasteiger partial charge in [-0.25, -0.2) is 4.98 Å². The minimum absolute atomic E-state index is 0.508. The minimum Gasteiger partial charge on any atom is -0.377 e. The maximum absolute atomic E-state index is 5.49. The van der Waals surface area contributed by atoms with Gasteiger partial charge in [-0.2, -0.15) is 0 Å². The molecule has 0 aliphatic rings. The summed E-state index contributed by atoms with van der Waals surface area (Å²) in [5.74, 6) is 0. The van der Waals surface area contributed by atoms with Gasteiger partial charge in [0.2, 0.25) is 5.13 Å². The van der Waals surface area contributed by atoms with Crippen molar-refractivity contribution in [2.45, 2.75) is 13.3 Å². The Morgan fingerprint density at radius 3 is 3.15 bits per heavy atom. The molecule has 13 heavy (non-hydrogen) atoms. The fourth-order valence-corrected chi connectivity index (χ4v) is 1.54. The number of hydrogen-bond donors (Lipinski definition) is 2. The van der Waals surface area contributed by atoms with Gasteiger partial charge >= 0.3 is 0 Å². The molecule has 0 atom stereocenters. The Kier molecular flexibility index (Phi) is 4.04. The number of thiazole rings is 1. The van der Waals surface area contributed by atoms with Crippen molar-refractivity contribution in [3.05, 3.63) is 11.1 Å². The highest BCUT2D eigenvalue weighted by Crippen LogP contribution is 2.15. The third-order valence-corrected chi connectivity index (χ3v) is 2.69. The monoisotopic (exact) mass is 216 g/mol. The smallest absolute Gasteiger partial charge is 0.203 e. The first-order valence-electron chi connectivity index (χ1n) is 3.83. The summed E-state index contributed by atoms with van der Waals surface area (Å²) in [4.78, 5) is 4.27. The van der Waals surface area contributed by atoms with Crippen molar-refractivity contribution >= 4 is 33.4 Å². The lowest BCUT2D eigenvalue weighted by atomic mass is 10.4. The zero-order valence-electron chi connectivity index (χ0n) is 7.57. The molecule has 72 valence electrons. The van der Waals surface area contributed by atoms with Crippen molar-refractivity contribution in [2.75, 3.05) is 11.7 Å². The third kappa shape index (κ3) is 3.23. The number of anilines is 1. The summed E-state index contributed by atoms with van der Waals surface area (Å²) >= 11 is 2.93. The number of thioether (sulfide) groups is 1. The van der Waals surface area contributed by atoms with Crippen LogP contribution in [0.15, 0.2) is 10.5 Å². The second-order valence-corrected chi connectivity index (χ2v) is 3.95. The molecule has 0 aliphatic carbocycles. The number of rotatable bonds is 3.